The van der Waals surface area contributed by atoms with E-state index in [1.165, 1.54) is 29.2 Å². The van der Waals surface area contributed by atoms with Gasteiger partial charge in [-0.1, -0.05) is 61.5 Å². The molecule has 0 aliphatic carbocycles. The van der Waals surface area contributed by atoms with E-state index in [9.17, 15) is 24.8 Å². The van der Waals surface area contributed by atoms with Crippen LogP contribution in [0.5, 0.6) is 0 Å². The minimum Gasteiger partial charge on any atom is -0.507 e. The number of ketones is 1. The van der Waals surface area contributed by atoms with Crippen molar-refractivity contribution in [2.24, 2.45) is 0 Å². The third-order valence-electron chi connectivity index (χ3n) is 5.51. The molecule has 1 heterocycles. The van der Waals surface area contributed by atoms with Gasteiger partial charge in [-0.2, -0.15) is 0 Å². The van der Waals surface area contributed by atoms with Crippen LogP contribution in [0.25, 0.3) is 5.76 Å². The molecule has 1 aliphatic rings. The largest absolute Gasteiger partial charge is 0.507 e. The number of rotatable bonds is 5. The van der Waals surface area contributed by atoms with Crippen LogP contribution in [-0.2, 0) is 16.0 Å². The third-order valence-corrected chi connectivity index (χ3v) is 5.51. The van der Waals surface area contributed by atoms with Crippen molar-refractivity contribution < 1.29 is 19.6 Å². The Bertz CT molecular complexity index is 1230. The summed E-state index contributed by atoms with van der Waals surface area (Å²) < 4.78 is 0. The van der Waals surface area contributed by atoms with Gasteiger partial charge in [0.15, 0.2) is 0 Å². The molecule has 1 unspecified atom stereocenters. The highest BCUT2D eigenvalue weighted by atomic mass is 16.6. The Morgan fingerprint density at radius 3 is 2.31 bits per heavy atom. The molecule has 7 heteroatoms. The van der Waals surface area contributed by atoms with Crippen LogP contribution in [0.1, 0.15) is 29.7 Å². The van der Waals surface area contributed by atoms with Gasteiger partial charge in [0, 0.05) is 23.4 Å². The SMILES string of the molecule is CCc1ccc(N2C(=O)C(=O)/C(=C(\O)c3cccc([N+](=O)[O-])c3)C2c2ccccc2)cc1. The maximum Gasteiger partial charge on any atom is 0.300 e. The Labute approximate surface area is 184 Å². The Morgan fingerprint density at radius 2 is 1.69 bits per heavy atom. The molecule has 0 spiro atoms. The fraction of sp³-hybridized carbons (Fsp3) is 0.120. The minimum absolute atomic E-state index is 0.0967. The number of Topliss-reactive ketones (excluding diaryl/α,β-unsaturated/α-hetero) is 1. The molecule has 1 N–H and O–H groups in total. The standard InChI is InChI=1S/C25H20N2O5/c1-2-16-11-13-19(14-12-16)26-22(17-7-4-3-5-8-17)21(24(29)25(26)30)23(28)18-9-6-10-20(15-18)27(31)32/h3-15,22,28H,2H2,1H3/b23-21-. The number of nitro benzene ring substituents is 1. The highest BCUT2D eigenvalue weighted by molar-refractivity contribution is 6.51. The third kappa shape index (κ3) is 3.65. The van der Waals surface area contributed by atoms with Crippen LogP contribution in [0.15, 0.2) is 84.4 Å². The zero-order chi connectivity index (χ0) is 22.8. The van der Waals surface area contributed by atoms with Crippen LogP contribution in [0.2, 0.25) is 0 Å². The van der Waals surface area contributed by atoms with Gasteiger partial charge in [0.05, 0.1) is 16.5 Å². The molecule has 1 fully saturated rings. The second-order valence-electron chi connectivity index (χ2n) is 7.41. The molecule has 7 nitrogen and oxygen atoms in total. The quantitative estimate of drug-likeness (QED) is 0.207. The van der Waals surface area contributed by atoms with Gasteiger partial charge in [0.25, 0.3) is 17.4 Å². The smallest absolute Gasteiger partial charge is 0.300 e. The Balaban J connectivity index is 1.91. The van der Waals surface area contributed by atoms with E-state index in [0.717, 1.165) is 12.0 Å². The van der Waals surface area contributed by atoms with E-state index in [4.69, 9.17) is 0 Å². The number of nitrogens with zero attached hydrogens (tertiary/aromatic N) is 2. The number of aliphatic hydroxyl groups excluding tert-OH is 1. The second kappa shape index (κ2) is 8.47. The maximum atomic E-state index is 13.1. The van der Waals surface area contributed by atoms with E-state index in [2.05, 4.69) is 0 Å². The van der Waals surface area contributed by atoms with E-state index in [0.29, 0.717) is 11.3 Å². The first-order valence-electron chi connectivity index (χ1n) is 10.1. The lowest BCUT2D eigenvalue weighted by Crippen LogP contribution is -2.29. The van der Waals surface area contributed by atoms with Crippen molar-refractivity contribution >= 4 is 28.8 Å². The highest BCUT2D eigenvalue weighted by Gasteiger charge is 2.46. The number of nitro groups is 1. The zero-order valence-electron chi connectivity index (χ0n) is 17.3. The molecular weight excluding hydrogens is 408 g/mol. The zero-order valence-corrected chi connectivity index (χ0v) is 17.3. The van der Waals surface area contributed by atoms with Gasteiger partial charge in [-0.3, -0.25) is 24.6 Å². The van der Waals surface area contributed by atoms with E-state index in [-0.39, 0.29) is 16.8 Å². The summed E-state index contributed by atoms with van der Waals surface area (Å²) in [6, 6.07) is 20.7. The number of benzene rings is 3. The lowest BCUT2D eigenvalue weighted by atomic mass is 9.95. The van der Waals surface area contributed by atoms with E-state index in [1.54, 1.807) is 36.4 Å². The summed E-state index contributed by atoms with van der Waals surface area (Å²) in [6.07, 6.45) is 0.827. The van der Waals surface area contributed by atoms with Crippen molar-refractivity contribution in [2.45, 2.75) is 19.4 Å². The van der Waals surface area contributed by atoms with Crippen LogP contribution in [0.3, 0.4) is 0 Å². The predicted octanol–water partition coefficient (Wildman–Crippen LogP) is 4.78. The van der Waals surface area contributed by atoms with E-state index >= 15 is 0 Å². The Morgan fingerprint density at radius 1 is 1.00 bits per heavy atom. The summed E-state index contributed by atoms with van der Waals surface area (Å²) in [7, 11) is 0. The van der Waals surface area contributed by atoms with Gasteiger partial charge in [-0.05, 0) is 29.7 Å². The van der Waals surface area contributed by atoms with Gasteiger partial charge in [0.1, 0.15) is 5.76 Å². The number of non-ortho nitro benzene ring substituents is 1. The number of anilines is 1. The van der Waals surface area contributed by atoms with E-state index in [1.807, 2.05) is 25.1 Å². The fourth-order valence-corrected chi connectivity index (χ4v) is 3.86. The van der Waals surface area contributed by atoms with Crippen molar-refractivity contribution in [3.63, 3.8) is 0 Å². The average Bonchev–Trinajstić information content (AvgIpc) is 3.09. The molecule has 0 bridgehead atoms. The second-order valence-corrected chi connectivity index (χ2v) is 7.41. The number of hydrogen-bond donors (Lipinski definition) is 1. The van der Waals surface area contributed by atoms with Crippen LogP contribution < -0.4 is 4.90 Å². The molecule has 1 amide bonds. The van der Waals surface area contributed by atoms with Gasteiger partial charge < -0.3 is 5.11 Å². The first-order chi connectivity index (χ1) is 15.4. The minimum atomic E-state index is -0.872. The molecule has 32 heavy (non-hydrogen) atoms. The van der Waals surface area contributed by atoms with Crippen LogP contribution in [0, 0.1) is 10.1 Å². The molecule has 0 saturated carbocycles. The summed E-state index contributed by atoms with van der Waals surface area (Å²) in [5, 5.41) is 22.2. The van der Waals surface area contributed by atoms with Gasteiger partial charge in [0.2, 0.25) is 0 Å². The summed E-state index contributed by atoms with van der Waals surface area (Å²) in [5.74, 6) is -2.06. The predicted molar refractivity (Wildman–Crippen MR) is 120 cm³/mol. The fourth-order valence-electron chi connectivity index (χ4n) is 3.86. The molecule has 1 aliphatic heterocycles. The number of amides is 1. The number of carbonyl (C=O) groups excluding carboxylic acids is 2. The van der Waals surface area contributed by atoms with Gasteiger partial charge >= 0.3 is 0 Å². The van der Waals surface area contributed by atoms with Crippen molar-refractivity contribution in [3.8, 4) is 0 Å². The molecule has 160 valence electrons. The van der Waals surface area contributed by atoms with Crippen molar-refractivity contribution in [2.75, 3.05) is 4.90 Å². The van der Waals surface area contributed by atoms with Crippen molar-refractivity contribution in [3.05, 3.63) is 111 Å². The summed E-state index contributed by atoms with van der Waals surface area (Å²) in [4.78, 5) is 38.1. The maximum absolute atomic E-state index is 13.1. The molecule has 3 aromatic carbocycles. The average molecular weight is 428 g/mol. The van der Waals surface area contributed by atoms with Crippen molar-refractivity contribution in [1.29, 1.82) is 0 Å². The van der Waals surface area contributed by atoms with Crippen LogP contribution in [0.4, 0.5) is 11.4 Å². The number of hydrogen-bond acceptors (Lipinski definition) is 5. The normalized spacial score (nSPS) is 17.5. The van der Waals surface area contributed by atoms with Crippen LogP contribution in [-0.4, -0.2) is 21.7 Å². The van der Waals surface area contributed by atoms with Gasteiger partial charge in [-0.25, -0.2) is 0 Å². The highest BCUT2D eigenvalue weighted by Crippen LogP contribution is 2.42. The van der Waals surface area contributed by atoms with Gasteiger partial charge in [-0.15, -0.1) is 0 Å². The number of aliphatic hydroxyl groups is 1. The van der Waals surface area contributed by atoms with E-state index < -0.39 is 28.4 Å². The molecule has 1 saturated heterocycles. The lowest BCUT2D eigenvalue weighted by Gasteiger charge is -2.25. The first-order valence-corrected chi connectivity index (χ1v) is 10.1. The Hall–Kier alpha value is -4.26. The molecular formula is C25H20N2O5. The van der Waals surface area contributed by atoms with Crippen LogP contribution >= 0.6 is 0 Å². The monoisotopic (exact) mass is 428 g/mol. The Kier molecular flexibility index (Phi) is 5.55. The lowest BCUT2D eigenvalue weighted by molar-refractivity contribution is -0.384. The topological polar surface area (TPSA) is 101 Å². The molecule has 4 rings (SSSR count). The molecule has 0 aromatic heterocycles. The molecule has 3 aromatic rings. The summed E-state index contributed by atoms with van der Waals surface area (Å²) in [5.41, 5.74) is 2.00. The summed E-state index contributed by atoms with van der Waals surface area (Å²) >= 11 is 0. The first kappa shape index (κ1) is 21.0. The summed E-state index contributed by atoms with van der Waals surface area (Å²) in [6.45, 7) is 2.02. The number of aryl methyl sites for hydroxylation is 1. The molecule has 0 radical (unpaired) electrons. The molecule has 1 atom stereocenters. The number of carbonyl (C=O) groups is 2. The van der Waals surface area contributed by atoms with Crippen molar-refractivity contribution in [1.82, 2.24) is 0 Å².